The van der Waals surface area contributed by atoms with Crippen LogP contribution in [0.5, 0.6) is 0 Å². The number of rotatable bonds is 10. The van der Waals surface area contributed by atoms with Crippen LogP contribution in [-0.2, 0) is 19.1 Å². The lowest BCUT2D eigenvalue weighted by atomic mass is 10.2. The monoisotopic (exact) mass is 338 g/mol. The van der Waals surface area contributed by atoms with Gasteiger partial charge in [-0.25, -0.2) is 0 Å². The van der Waals surface area contributed by atoms with Crippen molar-refractivity contribution in [3.05, 3.63) is 0 Å². The molecular formula is C16H34O7. The molecule has 0 saturated heterocycles. The topological polar surface area (TPSA) is 113 Å². The highest BCUT2D eigenvalue weighted by atomic mass is 16.5. The predicted molar refractivity (Wildman–Crippen MR) is 88.2 cm³/mol. The average molecular weight is 338 g/mol. The molecule has 0 bridgehead atoms. The van der Waals surface area contributed by atoms with Crippen molar-refractivity contribution in [2.24, 2.45) is 5.92 Å². The fourth-order valence-corrected chi connectivity index (χ4v) is 1.08. The molecule has 0 heterocycles. The molecule has 0 saturated carbocycles. The number of hydrogen-bond donors (Lipinski definition) is 3. The number of carboxylic acid groups (broad SMARTS) is 1. The second kappa shape index (κ2) is 23.1. The minimum Gasteiger partial charge on any atom is -0.481 e. The Balaban J connectivity index is -0.000000365. The van der Waals surface area contributed by atoms with Crippen LogP contribution in [0.2, 0.25) is 0 Å². The molecule has 0 spiro atoms. The lowest BCUT2D eigenvalue weighted by molar-refractivity contribution is -0.145. The van der Waals surface area contributed by atoms with Crippen molar-refractivity contribution in [3.63, 3.8) is 0 Å². The zero-order valence-electron chi connectivity index (χ0n) is 14.9. The van der Waals surface area contributed by atoms with Crippen molar-refractivity contribution < 1.29 is 34.4 Å². The van der Waals surface area contributed by atoms with E-state index in [0.717, 1.165) is 13.2 Å². The van der Waals surface area contributed by atoms with Gasteiger partial charge in [-0.2, -0.15) is 0 Å². The molecule has 0 radical (unpaired) electrons. The highest BCUT2D eigenvalue weighted by Crippen LogP contribution is 2.02. The minimum atomic E-state index is -0.819. The number of ether oxygens (including phenoxy) is 2. The fraction of sp³-hybridized carbons (Fsp3) is 0.875. The molecule has 7 heteroatoms. The van der Waals surface area contributed by atoms with Gasteiger partial charge in [-0.15, -0.1) is 0 Å². The SMILES string of the molecule is CC(C)COC(=O)CCCCC(=O)O.CCOCC.OCCO. The fourth-order valence-electron chi connectivity index (χ4n) is 1.08. The van der Waals surface area contributed by atoms with E-state index < -0.39 is 5.97 Å². The number of carbonyl (C=O) groups excluding carboxylic acids is 1. The van der Waals surface area contributed by atoms with Gasteiger partial charge in [0, 0.05) is 26.1 Å². The molecule has 0 aliphatic carbocycles. The van der Waals surface area contributed by atoms with Crippen LogP contribution >= 0.6 is 0 Å². The molecule has 140 valence electrons. The molecule has 0 aliphatic heterocycles. The van der Waals surface area contributed by atoms with Gasteiger partial charge in [0.05, 0.1) is 19.8 Å². The summed E-state index contributed by atoms with van der Waals surface area (Å²) >= 11 is 0. The quantitative estimate of drug-likeness (QED) is 0.411. The summed E-state index contributed by atoms with van der Waals surface area (Å²) in [7, 11) is 0. The smallest absolute Gasteiger partial charge is 0.305 e. The van der Waals surface area contributed by atoms with Crippen molar-refractivity contribution in [1.82, 2.24) is 0 Å². The van der Waals surface area contributed by atoms with Gasteiger partial charge >= 0.3 is 11.9 Å². The zero-order valence-corrected chi connectivity index (χ0v) is 14.9. The van der Waals surface area contributed by atoms with Crippen LogP contribution in [0.3, 0.4) is 0 Å². The van der Waals surface area contributed by atoms with Crippen LogP contribution in [0, 0.1) is 5.92 Å². The normalized spacial score (nSPS) is 9.35. The van der Waals surface area contributed by atoms with Gasteiger partial charge in [0.2, 0.25) is 0 Å². The zero-order chi connectivity index (χ0) is 18.5. The van der Waals surface area contributed by atoms with Crippen LogP contribution in [0.4, 0.5) is 0 Å². The number of unbranched alkanes of at least 4 members (excludes halogenated alkanes) is 1. The summed E-state index contributed by atoms with van der Waals surface area (Å²) < 4.78 is 9.76. The van der Waals surface area contributed by atoms with E-state index in [1.54, 1.807) is 0 Å². The van der Waals surface area contributed by atoms with Crippen LogP contribution in [0.15, 0.2) is 0 Å². The number of carboxylic acids is 1. The molecule has 23 heavy (non-hydrogen) atoms. The summed E-state index contributed by atoms with van der Waals surface area (Å²) in [5, 5.41) is 23.6. The highest BCUT2D eigenvalue weighted by molar-refractivity contribution is 5.69. The van der Waals surface area contributed by atoms with Crippen molar-refractivity contribution in [2.45, 2.75) is 53.4 Å². The molecule has 0 aliphatic rings. The Kier molecular flexibility index (Phi) is 26.8. The maximum Gasteiger partial charge on any atom is 0.305 e. The second-order valence-corrected chi connectivity index (χ2v) is 4.91. The maximum atomic E-state index is 11.0. The first-order valence-electron chi connectivity index (χ1n) is 8.02. The van der Waals surface area contributed by atoms with Crippen molar-refractivity contribution in [3.8, 4) is 0 Å². The molecule has 0 rings (SSSR count). The third-order valence-corrected chi connectivity index (χ3v) is 2.11. The summed E-state index contributed by atoms with van der Waals surface area (Å²) in [6.45, 7) is 9.80. The van der Waals surface area contributed by atoms with E-state index in [2.05, 4.69) is 0 Å². The van der Waals surface area contributed by atoms with Crippen molar-refractivity contribution >= 4 is 11.9 Å². The molecule has 0 atom stereocenters. The first-order valence-corrected chi connectivity index (χ1v) is 8.02. The average Bonchev–Trinajstić information content (AvgIpc) is 2.51. The maximum absolute atomic E-state index is 11.0. The van der Waals surface area contributed by atoms with E-state index in [1.165, 1.54) is 0 Å². The number of hydrogen-bond acceptors (Lipinski definition) is 6. The number of esters is 1. The molecular weight excluding hydrogens is 304 g/mol. The third-order valence-electron chi connectivity index (χ3n) is 2.11. The molecule has 0 aromatic heterocycles. The lowest BCUT2D eigenvalue weighted by Gasteiger charge is -2.06. The lowest BCUT2D eigenvalue weighted by Crippen LogP contribution is -2.09. The number of carbonyl (C=O) groups is 2. The standard InChI is InChI=1S/C10H18O4.C4H10O.C2H6O2/c1-8(2)7-14-10(13)6-4-3-5-9(11)12;1-3-5-4-2;3-1-2-4/h8H,3-7H2,1-2H3,(H,11,12);3-4H2,1-2H3;3-4H,1-2H2. The van der Waals surface area contributed by atoms with Crippen molar-refractivity contribution in [2.75, 3.05) is 33.0 Å². The predicted octanol–water partition coefficient (Wildman–Crippen LogP) is 1.84. The van der Waals surface area contributed by atoms with Gasteiger partial charge in [0.1, 0.15) is 0 Å². The van der Waals surface area contributed by atoms with Gasteiger partial charge in [-0.3, -0.25) is 9.59 Å². The molecule has 0 aromatic rings. The Morgan fingerprint density at radius 1 is 0.957 bits per heavy atom. The largest absolute Gasteiger partial charge is 0.481 e. The second-order valence-electron chi connectivity index (χ2n) is 4.91. The van der Waals surface area contributed by atoms with E-state index in [9.17, 15) is 9.59 Å². The summed E-state index contributed by atoms with van der Waals surface area (Å²) in [5.74, 6) is -0.706. The molecule has 7 nitrogen and oxygen atoms in total. The third kappa shape index (κ3) is 38.6. The first kappa shape index (κ1) is 26.7. The number of aliphatic hydroxyl groups excluding tert-OH is 2. The first-order chi connectivity index (χ1) is 10.8. The van der Waals surface area contributed by atoms with Gasteiger partial charge < -0.3 is 24.8 Å². The van der Waals surface area contributed by atoms with Crippen LogP contribution < -0.4 is 0 Å². The Morgan fingerprint density at radius 3 is 1.74 bits per heavy atom. The molecule has 0 amide bonds. The summed E-state index contributed by atoms with van der Waals surface area (Å²) in [6, 6.07) is 0. The summed E-state index contributed by atoms with van der Waals surface area (Å²) in [5.41, 5.74) is 0. The molecule has 0 unspecified atom stereocenters. The van der Waals surface area contributed by atoms with Gasteiger partial charge in [0.25, 0.3) is 0 Å². The Bertz CT molecular complexity index is 251. The van der Waals surface area contributed by atoms with Gasteiger partial charge in [-0.05, 0) is 32.6 Å². The van der Waals surface area contributed by atoms with Gasteiger partial charge in [0.15, 0.2) is 0 Å². The molecule has 0 aromatic carbocycles. The number of aliphatic carboxylic acids is 1. The van der Waals surface area contributed by atoms with E-state index in [0.29, 0.717) is 31.8 Å². The Labute approximate surface area is 139 Å². The summed E-state index contributed by atoms with van der Waals surface area (Å²) in [4.78, 5) is 21.2. The summed E-state index contributed by atoms with van der Waals surface area (Å²) in [6.07, 6.45) is 1.56. The van der Waals surface area contributed by atoms with Crippen LogP contribution in [0.25, 0.3) is 0 Å². The van der Waals surface area contributed by atoms with Crippen LogP contribution in [0.1, 0.15) is 53.4 Å². The van der Waals surface area contributed by atoms with E-state index in [4.69, 9.17) is 24.8 Å². The minimum absolute atomic E-state index is 0.122. The molecule has 3 N–H and O–H groups in total. The van der Waals surface area contributed by atoms with Crippen molar-refractivity contribution in [1.29, 1.82) is 0 Å². The Hall–Kier alpha value is -1.18. The Morgan fingerprint density at radius 2 is 1.43 bits per heavy atom. The molecule has 0 fully saturated rings. The van der Waals surface area contributed by atoms with Crippen LogP contribution in [-0.4, -0.2) is 60.3 Å². The van der Waals surface area contributed by atoms with E-state index in [-0.39, 0.29) is 25.6 Å². The highest BCUT2D eigenvalue weighted by Gasteiger charge is 2.04. The van der Waals surface area contributed by atoms with Gasteiger partial charge in [-0.1, -0.05) is 13.8 Å². The van der Waals surface area contributed by atoms with E-state index >= 15 is 0 Å². The van der Waals surface area contributed by atoms with E-state index in [1.807, 2.05) is 27.7 Å². The number of aliphatic hydroxyl groups is 2.